The number of phenolic OH excluding ortho intramolecular Hbond substituents is 4. The molecule has 4 aromatic rings. The molecule has 0 aromatic heterocycles. The number of phenols is 4. The second-order valence-electron chi connectivity index (χ2n) is 24.7. The van der Waals surface area contributed by atoms with Crippen LogP contribution in [0.5, 0.6) is 34.5 Å². The fourth-order valence-electron chi connectivity index (χ4n) is 13.6. The largest absolute Gasteiger partial charge is 0.507 e. The molecule has 0 saturated carbocycles. The molecule has 518 valence electrons. The summed E-state index contributed by atoms with van der Waals surface area (Å²) in [6, 6.07) is 6.43. The minimum atomic E-state index is -5.29. The van der Waals surface area contributed by atoms with Crippen molar-refractivity contribution in [2.75, 3.05) is 34.0 Å². The molecule has 7 aliphatic rings. The van der Waals surface area contributed by atoms with Gasteiger partial charge in [0.2, 0.25) is 17.3 Å². The highest BCUT2D eigenvalue weighted by Crippen LogP contribution is 2.55. The number of hydrogen-bond donors (Lipinski definition) is 10. The molecule has 11 rings (SSSR count). The maximum atomic E-state index is 13.9. The third-order valence-electron chi connectivity index (χ3n) is 18.5. The number of carbonyl (C=O) groups is 8. The van der Waals surface area contributed by atoms with Crippen LogP contribution in [-0.2, 0) is 65.2 Å². The molecule has 27 nitrogen and oxygen atoms in total. The van der Waals surface area contributed by atoms with Gasteiger partial charge < -0.3 is 94.5 Å². The maximum absolute atomic E-state index is 13.9. The van der Waals surface area contributed by atoms with Gasteiger partial charge in [-0.1, -0.05) is 37.6 Å². The van der Waals surface area contributed by atoms with Crippen molar-refractivity contribution < 1.29 is 135 Å². The molecule has 30 heteroatoms. The van der Waals surface area contributed by atoms with E-state index in [-0.39, 0.29) is 68.8 Å². The lowest BCUT2D eigenvalue weighted by molar-refractivity contribution is -0.281. The highest BCUT2D eigenvalue weighted by atomic mass is 19.4. The number of fused-ring (bicyclic) bond motifs is 6. The summed E-state index contributed by atoms with van der Waals surface area (Å²) in [5, 5.41) is 91.5. The number of aromatic hydroxyl groups is 4. The van der Waals surface area contributed by atoms with Crippen LogP contribution in [0.15, 0.2) is 36.4 Å². The summed E-state index contributed by atoms with van der Waals surface area (Å²) in [7, 11) is 2.59. The van der Waals surface area contributed by atoms with E-state index in [0.29, 0.717) is 19.4 Å². The van der Waals surface area contributed by atoms with Gasteiger partial charge in [0.15, 0.2) is 42.8 Å². The Morgan fingerprint density at radius 3 is 1.65 bits per heavy atom. The lowest BCUT2D eigenvalue weighted by Gasteiger charge is -2.43. The average Bonchev–Trinajstić information content (AvgIpc) is 0.717. The minimum absolute atomic E-state index is 0.00489. The molecule has 3 aliphatic heterocycles. The molecule has 11 N–H and O–H groups in total. The molecule has 0 radical (unpaired) electrons. The van der Waals surface area contributed by atoms with E-state index in [0.717, 1.165) is 19.3 Å². The molecule has 0 bridgehead atoms. The molecule has 13 atom stereocenters. The number of aliphatic hydroxyl groups excluding tert-OH is 2. The van der Waals surface area contributed by atoms with Gasteiger partial charge in [-0.25, -0.2) is 0 Å². The molecule has 1 amide bonds. The number of hydrogen-bond acceptors (Lipinski definition) is 26. The van der Waals surface area contributed by atoms with E-state index < -0.39 is 222 Å². The third-order valence-corrected chi connectivity index (χ3v) is 18.5. The number of aliphatic hydroxyl groups is 4. The Hall–Kier alpha value is -8.01. The zero-order chi connectivity index (χ0) is 69.8. The number of Topliss-reactive ketones (excluding diaryl/α,β-unsaturated/α-hetero) is 2. The van der Waals surface area contributed by atoms with Gasteiger partial charge in [0.05, 0.1) is 78.1 Å². The summed E-state index contributed by atoms with van der Waals surface area (Å²) in [5.41, 5.74) is -1.87. The van der Waals surface area contributed by atoms with Gasteiger partial charge in [-0.3, -0.25) is 38.4 Å². The van der Waals surface area contributed by atoms with Crippen LogP contribution in [0.3, 0.4) is 0 Å². The van der Waals surface area contributed by atoms with Crippen molar-refractivity contribution >= 4 is 46.6 Å². The summed E-state index contributed by atoms with van der Waals surface area (Å²) in [6.45, 7) is 3.56. The molecule has 3 saturated heterocycles. The number of nitrogens with two attached hydrogens (primary N) is 1. The Labute approximate surface area is 545 Å². The van der Waals surface area contributed by atoms with E-state index in [1.165, 1.54) is 57.5 Å². The predicted octanol–water partition coefficient (Wildman–Crippen LogP) is 4.01. The van der Waals surface area contributed by atoms with E-state index >= 15 is 0 Å². The Morgan fingerprint density at radius 2 is 1.18 bits per heavy atom. The van der Waals surface area contributed by atoms with Gasteiger partial charge in [0.25, 0.3) is 0 Å². The Morgan fingerprint density at radius 1 is 0.677 bits per heavy atom. The third kappa shape index (κ3) is 13.2. The first-order chi connectivity index (χ1) is 45.4. The van der Waals surface area contributed by atoms with Crippen molar-refractivity contribution in [3.8, 4) is 34.5 Å². The Kier molecular flexibility index (Phi) is 20.5. The lowest BCUT2D eigenvalue weighted by Crippen LogP contribution is -2.57. The van der Waals surface area contributed by atoms with Crippen LogP contribution in [0.4, 0.5) is 13.2 Å². The van der Waals surface area contributed by atoms with Crippen LogP contribution >= 0.6 is 0 Å². The van der Waals surface area contributed by atoms with Crippen LogP contribution < -0.4 is 20.5 Å². The SMILES string of the molecule is CCCCC(=O)OCC(=O)[C@]1(O)Cc2c(O)c3c(c(O)c2[C@@H](OC2CC(NC(=O)C(F)(F)F)C(O)C(C)O2)C1)C(=O)c1c(OC)cccc1C3=O.COc1cccc2c1C(=O)c1c(O)c3c(c(O)c1C2=O)C[C@@](O)(C(=O)CO)CC3O[C@H]1C[C@H](N)[C@H](O[C@@H]2CCCCO2)[C@H](C)O1. The maximum Gasteiger partial charge on any atom is 0.471 e. The molecule has 4 aromatic carbocycles. The number of amides is 1. The van der Waals surface area contributed by atoms with Crippen LogP contribution in [0, 0.1) is 0 Å². The molecule has 5 unspecified atom stereocenters. The summed E-state index contributed by atoms with van der Waals surface area (Å²) >= 11 is 0. The van der Waals surface area contributed by atoms with E-state index in [2.05, 4.69) is 0 Å². The monoisotopic (exact) mass is 1350 g/mol. The Bertz CT molecular complexity index is 3780. The van der Waals surface area contributed by atoms with Crippen molar-refractivity contribution in [1.29, 1.82) is 0 Å². The molecule has 3 heterocycles. The fraction of sp³-hybridized carbons (Fsp3) is 0.515. The van der Waals surface area contributed by atoms with Crippen molar-refractivity contribution in [2.24, 2.45) is 5.73 Å². The Balaban J connectivity index is 0.000000210. The molecule has 3 fully saturated rings. The van der Waals surface area contributed by atoms with E-state index in [1.807, 2.05) is 6.92 Å². The number of nitrogens with one attached hydrogen (secondary N) is 1. The number of unbranched alkanes of at least 4 members (excludes halogenated alkanes) is 1. The predicted molar refractivity (Wildman–Crippen MR) is 319 cm³/mol. The summed E-state index contributed by atoms with van der Waals surface area (Å²) in [5.74, 6) is -11.3. The molecular formula is C66H73F3N2O25. The first-order valence-electron chi connectivity index (χ1n) is 31.1. The van der Waals surface area contributed by atoms with Gasteiger partial charge in [-0.15, -0.1) is 0 Å². The van der Waals surface area contributed by atoms with Gasteiger partial charge in [-0.2, -0.15) is 13.2 Å². The van der Waals surface area contributed by atoms with Gasteiger partial charge >= 0.3 is 18.1 Å². The number of halogens is 3. The summed E-state index contributed by atoms with van der Waals surface area (Å²) in [6.07, 6.45) is -14.4. The van der Waals surface area contributed by atoms with Crippen LogP contribution in [0.1, 0.15) is 183 Å². The highest BCUT2D eigenvalue weighted by Gasteiger charge is 2.54. The molecular weight excluding hydrogens is 1280 g/mol. The van der Waals surface area contributed by atoms with Crippen molar-refractivity contribution in [3.05, 3.63) is 103 Å². The first kappa shape index (κ1) is 70.8. The van der Waals surface area contributed by atoms with Crippen molar-refractivity contribution in [2.45, 2.75) is 183 Å². The van der Waals surface area contributed by atoms with Gasteiger partial charge in [-0.05, 0) is 51.7 Å². The number of carbonyl (C=O) groups excluding carboxylic acids is 8. The summed E-state index contributed by atoms with van der Waals surface area (Å²) in [4.78, 5) is 105. The van der Waals surface area contributed by atoms with Gasteiger partial charge in [0.1, 0.15) is 64.5 Å². The standard InChI is InChI=1S/C34H36F3NO13.C32H37NO12/c1-4-5-9-21(40)49-13-20(39)33(47)11-16-24(19(12-33)51-22-10-17(27(41)14(2)50-22)38-32(46)34(35,36)37)31(45)26-25(29(16)43)28(42)15-7-6-8-18(48-3)23(15)30(26)44;1-14-31(45-21-8-3-4-9-42-21)17(33)10-22(43-14)44-19-12-32(40,20(35)13-34)11-16-24(19)30(39)26-25(28(16)37)27(36)15-6-5-7-18(41-2)23(15)29(26)38/h6-8,14,17,19,22,27,41,43,45,47H,4-5,9-13H2,1-3H3,(H,38,46);5-7,14,17,19,21-22,31,34,37,39-40H,3-4,8-13,33H2,1-2H3/t14?,17?,19-,22?,27?,33-;14-,17-,19?,21+,22-,31+,32-/m00/s1. The average molecular weight is 1350 g/mol. The second kappa shape index (κ2) is 27.8. The van der Waals surface area contributed by atoms with Crippen LogP contribution in [0.2, 0.25) is 0 Å². The van der Waals surface area contributed by atoms with E-state index in [1.54, 1.807) is 12.2 Å². The number of esters is 1. The molecule has 4 aliphatic carbocycles. The second-order valence-corrected chi connectivity index (χ2v) is 24.7. The smallest absolute Gasteiger partial charge is 0.471 e. The van der Waals surface area contributed by atoms with E-state index in [9.17, 15) is 92.4 Å². The van der Waals surface area contributed by atoms with Crippen molar-refractivity contribution in [1.82, 2.24) is 5.32 Å². The lowest BCUT2D eigenvalue weighted by atomic mass is 9.72. The number of alkyl halides is 3. The fourth-order valence-corrected chi connectivity index (χ4v) is 13.6. The van der Waals surface area contributed by atoms with Crippen molar-refractivity contribution in [3.63, 3.8) is 0 Å². The first-order valence-corrected chi connectivity index (χ1v) is 31.1. The minimum Gasteiger partial charge on any atom is -0.507 e. The van der Waals surface area contributed by atoms with E-state index in [4.69, 9.17) is 48.4 Å². The summed E-state index contributed by atoms with van der Waals surface area (Å²) < 4.78 is 90.6. The number of methoxy groups -OCH3 is 2. The van der Waals surface area contributed by atoms with Crippen LogP contribution in [-0.4, -0.2) is 194 Å². The zero-order valence-electron chi connectivity index (χ0n) is 52.7. The zero-order valence-corrected chi connectivity index (χ0v) is 52.7. The molecule has 96 heavy (non-hydrogen) atoms. The topological polar surface area (TPSA) is 420 Å². The number of rotatable bonds is 17. The number of benzene rings is 4. The highest BCUT2D eigenvalue weighted by molar-refractivity contribution is 6.32. The molecule has 0 spiro atoms. The van der Waals surface area contributed by atoms with Gasteiger partial charge in [0, 0.05) is 91.0 Å². The normalized spacial score (nSPS) is 28.2. The van der Waals surface area contributed by atoms with Crippen LogP contribution in [0.25, 0.3) is 0 Å². The number of ether oxygens (including phenoxy) is 9. The quantitative estimate of drug-likeness (QED) is 0.0455. The number of ketones is 6.